The summed E-state index contributed by atoms with van der Waals surface area (Å²) in [6, 6.07) is 8.59. The Morgan fingerprint density at radius 1 is 1.44 bits per heavy atom. The summed E-state index contributed by atoms with van der Waals surface area (Å²) in [6.45, 7) is 6.24. The molecule has 0 aliphatic rings. The molecule has 0 bridgehead atoms. The molecule has 3 nitrogen and oxygen atoms in total. The predicted octanol–water partition coefficient (Wildman–Crippen LogP) is 3.19. The van der Waals surface area contributed by atoms with E-state index >= 15 is 0 Å². The molecule has 1 heterocycles. The van der Waals surface area contributed by atoms with Gasteiger partial charge in [-0.25, -0.2) is 0 Å². The first kappa shape index (κ1) is 12.8. The summed E-state index contributed by atoms with van der Waals surface area (Å²) in [5.74, 6) is 0. The van der Waals surface area contributed by atoms with E-state index in [1.165, 1.54) is 16.5 Å². The van der Waals surface area contributed by atoms with Crippen molar-refractivity contribution in [1.29, 1.82) is 0 Å². The lowest BCUT2D eigenvalue weighted by atomic mass is 10.0. The van der Waals surface area contributed by atoms with Gasteiger partial charge in [-0.15, -0.1) is 0 Å². The van der Waals surface area contributed by atoms with Crippen molar-refractivity contribution in [3.63, 3.8) is 0 Å². The lowest BCUT2D eigenvalue weighted by molar-refractivity contribution is 0.559. The monoisotopic (exact) mass is 243 g/mol. The quantitative estimate of drug-likeness (QED) is 0.817. The second-order valence-corrected chi connectivity index (χ2v) is 4.67. The fourth-order valence-electron chi connectivity index (χ4n) is 2.27. The number of para-hydroxylation sites is 1. The molecular formula is C15H21N3. The normalized spacial score (nSPS) is 12.8. The van der Waals surface area contributed by atoms with Gasteiger partial charge in [-0.1, -0.05) is 37.3 Å². The fourth-order valence-corrected chi connectivity index (χ4v) is 2.27. The van der Waals surface area contributed by atoms with Gasteiger partial charge >= 0.3 is 0 Å². The van der Waals surface area contributed by atoms with Crippen molar-refractivity contribution in [2.24, 2.45) is 7.05 Å². The molecule has 0 spiro atoms. The first-order chi connectivity index (χ1) is 8.67. The maximum atomic E-state index is 4.66. The molecule has 1 aromatic carbocycles. The van der Waals surface area contributed by atoms with Crippen LogP contribution < -0.4 is 5.32 Å². The van der Waals surface area contributed by atoms with Gasteiger partial charge in [0.1, 0.15) is 0 Å². The van der Waals surface area contributed by atoms with Crippen molar-refractivity contribution >= 4 is 10.9 Å². The third-order valence-electron chi connectivity index (χ3n) is 3.46. The fraction of sp³-hybridized carbons (Fsp3) is 0.400. The highest BCUT2D eigenvalue weighted by molar-refractivity contribution is 5.82. The molecule has 3 heteroatoms. The van der Waals surface area contributed by atoms with E-state index in [1.807, 2.05) is 24.8 Å². The van der Waals surface area contributed by atoms with Gasteiger partial charge in [0, 0.05) is 12.4 Å². The van der Waals surface area contributed by atoms with Crippen molar-refractivity contribution in [1.82, 2.24) is 15.1 Å². The molecule has 2 aromatic rings. The van der Waals surface area contributed by atoms with E-state index in [0.717, 1.165) is 18.5 Å². The number of aryl methyl sites for hydroxylation is 1. The number of benzene rings is 1. The number of rotatable bonds is 5. The highest BCUT2D eigenvalue weighted by atomic mass is 15.3. The van der Waals surface area contributed by atoms with E-state index in [4.69, 9.17) is 0 Å². The molecule has 0 fully saturated rings. The van der Waals surface area contributed by atoms with Gasteiger partial charge in [-0.05, 0) is 26.0 Å². The lowest BCUT2D eigenvalue weighted by Crippen LogP contribution is -2.18. The smallest absolute Gasteiger partial charge is 0.0875 e. The van der Waals surface area contributed by atoms with Crippen molar-refractivity contribution in [2.75, 3.05) is 7.05 Å². The first-order valence-electron chi connectivity index (χ1n) is 6.43. The van der Waals surface area contributed by atoms with E-state index in [9.17, 15) is 0 Å². The van der Waals surface area contributed by atoms with Gasteiger partial charge in [-0.2, -0.15) is 5.10 Å². The molecule has 1 aromatic heterocycles. The van der Waals surface area contributed by atoms with Crippen LogP contribution in [0.15, 0.2) is 36.4 Å². The first-order valence-corrected chi connectivity index (χ1v) is 6.43. The Hall–Kier alpha value is -1.61. The average Bonchev–Trinajstić information content (AvgIpc) is 2.74. The van der Waals surface area contributed by atoms with Crippen LogP contribution in [-0.4, -0.2) is 16.8 Å². The summed E-state index contributed by atoms with van der Waals surface area (Å²) in [4.78, 5) is 0. The molecule has 1 N–H and O–H groups in total. The van der Waals surface area contributed by atoms with Crippen molar-refractivity contribution in [3.05, 3.63) is 42.1 Å². The Labute approximate surface area is 109 Å². The summed E-state index contributed by atoms with van der Waals surface area (Å²) < 4.78 is 1.95. The summed E-state index contributed by atoms with van der Waals surface area (Å²) in [5.41, 5.74) is 3.55. The zero-order valence-corrected chi connectivity index (χ0v) is 11.4. The molecule has 18 heavy (non-hydrogen) atoms. The number of fused-ring (bicyclic) bond motifs is 1. The van der Waals surface area contributed by atoms with Crippen molar-refractivity contribution in [3.8, 4) is 0 Å². The summed E-state index contributed by atoms with van der Waals surface area (Å²) in [7, 11) is 3.98. The Balaban J connectivity index is 2.42. The summed E-state index contributed by atoms with van der Waals surface area (Å²) in [6.07, 6.45) is 1.96. The van der Waals surface area contributed by atoms with E-state index in [2.05, 4.69) is 42.1 Å². The second-order valence-electron chi connectivity index (χ2n) is 4.67. The van der Waals surface area contributed by atoms with Crippen LogP contribution in [0.5, 0.6) is 0 Å². The van der Waals surface area contributed by atoms with E-state index in [1.54, 1.807) is 0 Å². The highest BCUT2D eigenvalue weighted by Gasteiger charge is 2.17. The average molecular weight is 243 g/mol. The van der Waals surface area contributed by atoms with Crippen LogP contribution in [0.25, 0.3) is 10.9 Å². The Morgan fingerprint density at radius 3 is 2.83 bits per heavy atom. The third kappa shape index (κ3) is 2.31. The van der Waals surface area contributed by atoms with E-state index in [-0.39, 0.29) is 6.04 Å². The van der Waals surface area contributed by atoms with Gasteiger partial charge in [0.15, 0.2) is 0 Å². The van der Waals surface area contributed by atoms with Crippen LogP contribution >= 0.6 is 0 Å². The standard InChI is InChI=1S/C15H21N3/c1-5-11(2)10-13(16-3)15-12-8-6-7-9-14(12)18(4)17-15/h6-9,13,16H,2,5,10H2,1,3-4H3. The van der Waals surface area contributed by atoms with Gasteiger partial charge < -0.3 is 5.32 Å². The molecule has 96 valence electrons. The maximum absolute atomic E-state index is 4.66. The van der Waals surface area contributed by atoms with Crippen LogP contribution in [0.2, 0.25) is 0 Å². The minimum Gasteiger partial charge on any atom is -0.311 e. The second kappa shape index (κ2) is 5.36. The minimum atomic E-state index is 0.239. The molecule has 0 aliphatic heterocycles. The van der Waals surface area contributed by atoms with Crippen molar-refractivity contribution in [2.45, 2.75) is 25.8 Å². The largest absolute Gasteiger partial charge is 0.311 e. The van der Waals surface area contributed by atoms with Crippen LogP contribution in [0.3, 0.4) is 0 Å². The summed E-state index contributed by atoms with van der Waals surface area (Å²) in [5, 5.41) is 9.24. The number of hydrogen-bond donors (Lipinski definition) is 1. The predicted molar refractivity (Wildman–Crippen MR) is 76.6 cm³/mol. The zero-order valence-electron chi connectivity index (χ0n) is 11.4. The molecular weight excluding hydrogens is 222 g/mol. The number of nitrogens with one attached hydrogen (secondary N) is 1. The van der Waals surface area contributed by atoms with Crippen LogP contribution in [0, 0.1) is 0 Å². The Bertz CT molecular complexity index is 554. The Kier molecular flexibility index (Phi) is 3.82. The van der Waals surface area contributed by atoms with Crippen molar-refractivity contribution < 1.29 is 0 Å². The van der Waals surface area contributed by atoms with Crippen LogP contribution in [-0.2, 0) is 7.05 Å². The van der Waals surface area contributed by atoms with Gasteiger partial charge in [0.2, 0.25) is 0 Å². The Morgan fingerprint density at radius 2 is 2.17 bits per heavy atom. The molecule has 0 radical (unpaired) electrons. The zero-order chi connectivity index (χ0) is 13.1. The minimum absolute atomic E-state index is 0.239. The number of hydrogen-bond acceptors (Lipinski definition) is 2. The van der Waals surface area contributed by atoms with Gasteiger partial charge in [-0.3, -0.25) is 4.68 Å². The molecule has 1 unspecified atom stereocenters. The maximum Gasteiger partial charge on any atom is 0.0875 e. The summed E-state index contributed by atoms with van der Waals surface area (Å²) >= 11 is 0. The number of nitrogens with zero attached hydrogens (tertiary/aromatic N) is 2. The SMILES string of the molecule is C=C(CC)CC(NC)c1nn(C)c2ccccc12. The third-order valence-corrected chi connectivity index (χ3v) is 3.46. The molecule has 0 saturated heterocycles. The molecule has 0 amide bonds. The van der Waals surface area contributed by atoms with Gasteiger partial charge in [0.25, 0.3) is 0 Å². The molecule has 2 rings (SSSR count). The molecule has 0 aliphatic carbocycles. The van der Waals surface area contributed by atoms with Gasteiger partial charge in [0.05, 0.1) is 17.3 Å². The van der Waals surface area contributed by atoms with Crippen LogP contribution in [0.4, 0.5) is 0 Å². The lowest BCUT2D eigenvalue weighted by Gasteiger charge is -2.15. The molecule has 0 saturated carbocycles. The highest BCUT2D eigenvalue weighted by Crippen LogP contribution is 2.27. The topological polar surface area (TPSA) is 29.9 Å². The van der Waals surface area contributed by atoms with E-state index in [0.29, 0.717) is 0 Å². The number of aromatic nitrogens is 2. The van der Waals surface area contributed by atoms with Crippen LogP contribution in [0.1, 0.15) is 31.5 Å². The van der Waals surface area contributed by atoms with E-state index < -0.39 is 0 Å². The molecule has 1 atom stereocenters.